The lowest BCUT2D eigenvalue weighted by Gasteiger charge is -2.13. The predicted molar refractivity (Wildman–Crippen MR) is 93.9 cm³/mol. The fraction of sp³-hybridized carbons (Fsp3) is 0.438. The Morgan fingerprint density at radius 1 is 1.30 bits per heavy atom. The van der Waals surface area contributed by atoms with Crippen LogP contribution in [0.5, 0.6) is 0 Å². The van der Waals surface area contributed by atoms with E-state index in [1.54, 1.807) is 24.4 Å². The fourth-order valence-electron chi connectivity index (χ4n) is 2.04. The molecule has 0 bridgehead atoms. The van der Waals surface area contributed by atoms with Crippen LogP contribution in [0, 0.1) is 5.82 Å². The molecule has 0 saturated heterocycles. The molecule has 126 valence electrons. The van der Waals surface area contributed by atoms with E-state index in [-0.39, 0.29) is 16.9 Å². The highest BCUT2D eigenvalue weighted by atomic mass is 32.2. The van der Waals surface area contributed by atoms with Crippen molar-refractivity contribution in [1.82, 2.24) is 4.98 Å². The summed E-state index contributed by atoms with van der Waals surface area (Å²) in [6, 6.07) is 4.65. The monoisotopic (exact) mass is 356 g/mol. The first-order valence-corrected chi connectivity index (χ1v) is 9.92. The largest absolute Gasteiger partial charge is 0.281 e. The lowest BCUT2D eigenvalue weighted by atomic mass is 9.98. The van der Waals surface area contributed by atoms with Crippen molar-refractivity contribution in [2.45, 2.75) is 39.5 Å². The number of nitrogens with zero attached hydrogens (tertiary/aromatic N) is 1. The van der Waals surface area contributed by atoms with E-state index in [1.807, 2.05) is 20.8 Å². The summed E-state index contributed by atoms with van der Waals surface area (Å²) in [6.07, 6.45) is 0.470. The Hall–Kier alpha value is -1.47. The van der Waals surface area contributed by atoms with Gasteiger partial charge in [0.25, 0.3) is 0 Å². The molecule has 7 heteroatoms. The van der Waals surface area contributed by atoms with Gasteiger partial charge in [-0.05, 0) is 18.6 Å². The highest BCUT2D eigenvalue weighted by molar-refractivity contribution is 7.92. The lowest BCUT2D eigenvalue weighted by Crippen LogP contribution is -2.17. The smallest absolute Gasteiger partial charge is 0.232 e. The number of aromatic nitrogens is 1. The average Bonchev–Trinajstić information content (AvgIpc) is 2.90. The van der Waals surface area contributed by atoms with Crippen LogP contribution in [0.3, 0.4) is 0 Å². The maximum Gasteiger partial charge on any atom is 0.232 e. The molecule has 0 fully saturated rings. The molecule has 4 nitrogen and oxygen atoms in total. The van der Waals surface area contributed by atoms with Crippen molar-refractivity contribution in [2.24, 2.45) is 0 Å². The molecule has 0 radical (unpaired) electrons. The van der Waals surface area contributed by atoms with Gasteiger partial charge in [-0.1, -0.05) is 33.8 Å². The van der Waals surface area contributed by atoms with Crippen LogP contribution in [-0.4, -0.2) is 19.2 Å². The van der Waals surface area contributed by atoms with Crippen molar-refractivity contribution in [1.29, 1.82) is 0 Å². The maximum absolute atomic E-state index is 14.7. The third-order valence-electron chi connectivity index (χ3n) is 3.16. The number of hydrogen-bond donors (Lipinski definition) is 1. The molecule has 1 aromatic carbocycles. The summed E-state index contributed by atoms with van der Waals surface area (Å²) in [4.78, 5) is 4.49. The van der Waals surface area contributed by atoms with Crippen molar-refractivity contribution in [2.75, 3.05) is 10.5 Å². The van der Waals surface area contributed by atoms with Crippen molar-refractivity contribution in [3.63, 3.8) is 0 Å². The second-order valence-electron chi connectivity index (χ2n) is 6.38. The third kappa shape index (κ3) is 4.29. The van der Waals surface area contributed by atoms with E-state index >= 15 is 0 Å². The molecule has 2 rings (SSSR count). The Labute approximate surface area is 140 Å². The molecule has 1 aromatic heterocycles. The lowest BCUT2D eigenvalue weighted by molar-refractivity contribution is 0.585. The molecule has 0 unspecified atom stereocenters. The summed E-state index contributed by atoms with van der Waals surface area (Å²) < 4.78 is 40.7. The zero-order chi connectivity index (χ0) is 17.3. The zero-order valence-corrected chi connectivity index (χ0v) is 15.3. The molecule has 2 aromatic rings. The van der Waals surface area contributed by atoms with E-state index in [1.165, 1.54) is 17.4 Å². The summed E-state index contributed by atoms with van der Waals surface area (Å²) >= 11 is 1.47. The molecule has 0 aliphatic carbocycles. The second-order valence-corrected chi connectivity index (χ2v) is 9.08. The summed E-state index contributed by atoms with van der Waals surface area (Å²) in [6.45, 7) is 7.89. The Kier molecular flexibility index (Phi) is 5.10. The van der Waals surface area contributed by atoms with Crippen LogP contribution >= 0.6 is 11.3 Å². The molecule has 1 heterocycles. The van der Waals surface area contributed by atoms with Gasteiger partial charge in [0.15, 0.2) is 5.82 Å². The van der Waals surface area contributed by atoms with Gasteiger partial charge in [0, 0.05) is 16.4 Å². The number of halogens is 1. The van der Waals surface area contributed by atoms with Crippen LogP contribution in [0.25, 0.3) is 11.3 Å². The van der Waals surface area contributed by atoms with E-state index in [4.69, 9.17) is 0 Å². The quantitative estimate of drug-likeness (QED) is 0.864. The van der Waals surface area contributed by atoms with Crippen LogP contribution in [0.1, 0.15) is 39.1 Å². The van der Waals surface area contributed by atoms with Gasteiger partial charge in [0.1, 0.15) is 0 Å². The molecule has 0 aliphatic heterocycles. The van der Waals surface area contributed by atoms with Gasteiger partial charge in [-0.3, -0.25) is 4.72 Å². The van der Waals surface area contributed by atoms with Gasteiger partial charge >= 0.3 is 0 Å². The first-order valence-electron chi connectivity index (χ1n) is 7.39. The summed E-state index contributed by atoms with van der Waals surface area (Å²) in [5.74, 6) is -0.639. The van der Waals surface area contributed by atoms with Gasteiger partial charge in [-0.25, -0.2) is 17.8 Å². The number of sulfonamides is 1. The molecule has 0 atom stereocenters. The van der Waals surface area contributed by atoms with E-state index < -0.39 is 15.8 Å². The normalized spacial score (nSPS) is 12.4. The fourth-order valence-corrected chi connectivity index (χ4v) is 4.08. The van der Waals surface area contributed by atoms with E-state index in [2.05, 4.69) is 9.71 Å². The molecule has 0 spiro atoms. The average molecular weight is 356 g/mol. The zero-order valence-electron chi connectivity index (χ0n) is 13.7. The van der Waals surface area contributed by atoms with Crippen LogP contribution in [0.15, 0.2) is 23.6 Å². The Morgan fingerprint density at radius 3 is 2.57 bits per heavy atom. The van der Waals surface area contributed by atoms with Crippen LogP contribution in [0.2, 0.25) is 0 Å². The Bertz CT molecular complexity index is 793. The van der Waals surface area contributed by atoms with Gasteiger partial charge in [-0.15, -0.1) is 11.3 Å². The van der Waals surface area contributed by atoms with Gasteiger partial charge < -0.3 is 0 Å². The minimum Gasteiger partial charge on any atom is -0.281 e. The van der Waals surface area contributed by atoms with Crippen molar-refractivity contribution in [3.8, 4) is 11.3 Å². The number of hydrogen-bond acceptors (Lipinski definition) is 4. The molecule has 23 heavy (non-hydrogen) atoms. The summed E-state index contributed by atoms with van der Waals surface area (Å²) in [5, 5.41) is 2.70. The molecule has 0 amide bonds. The van der Waals surface area contributed by atoms with Crippen molar-refractivity contribution < 1.29 is 12.8 Å². The number of benzene rings is 1. The summed E-state index contributed by atoms with van der Waals surface area (Å²) in [7, 11) is -3.53. The van der Waals surface area contributed by atoms with Crippen molar-refractivity contribution in [3.05, 3.63) is 34.4 Å². The SMILES string of the molecule is CCCS(=O)(=O)Nc1cccc(-c2csc(C(C)(C)C)n2)c1F. The Balaban J connectivity index is 2.39. The van der Waals surface area contributed by atoms with E-state index in [0.29, 0.717) is 17.7 Å². The Morgan fingerprint density at radius 2 is 2.00 bits per heavy atom. The minimum atomic E-state index is -3.53. The van der Waals surface area contributed by atoms with E-state index in [9.17, 15) is 12.8 Å². The number of nitrogens with one attached hydrogen (secondary N) is 1. The second kappa shape index (κ2) is 6.57. The molecule has 0 saturated carbocycles. The number of thiazole rings is 1. The highest BCUT2D eigenvalue weighted by Gasteiger charge is 2.21. The van der Waals surface area contributed by atoms with Crippen molar-refractivity contribution >= 4 is 27.0 Å². The third-order valence-corrected chi connectivity index (χ3v) is 5.90. The maximum atomic E-state index is 14.7. The highest BCUT2D eigenvalue weighted by Crippen LogP contribution is 2.33. The number of anilines is 1. The molecule has 1 N–H and O–H groups in total. The minimum absolute atomic E-state index is 0.0401. The van der Waals surface area contributed by atoms with Crippen LogP contribution in [0.4, 0.5) is 10.1 Å². The van der Waals surface area contributed by atoms with Gasteiger partial charge in [0.2, 0.25) is 10.0 Å². The predicted octanol–water partition coefficient (Wildman–Crippen LogP) is 4.40. The van der Waals surface area contributed by atoms with Gasteiger partial charge in [0.05, 0.1) is 22.1 Å². The van der Waals surface area contributed by atoms with Crippen LogP contribution < -0.4 is 4.72 Å². The first-order chi connectivity index (χ1) is 10.6. The standard InChI is InChI=1S/C16H21FN2O2S2/c1-5-9-23(20,21)19-12-8-6-7-11(14(12)17)13-10-22-15(18-13)16(2,3)4/h6-8,10,19H,5,9H2,1-4H3. The first kappa shape index (κ1) is 17.9. The van der Waals surface area contributed by atoms with Crippen LogP contribution in [-0.2, 0) is 15.4 Å². The topological polar surface area (TPSA) is 59.1 Å². The molecule has 0 aliphatic rings. The number of rotatable bonds is 5. The molecular weight excluding hydrogens is 335 g/mol. The summed E-state index contributed by atoms with van der Waals surface area (Å²) in [5.41, 5.74) is 0.670. The van der Waals surface area contributed by atoms with Gasteiger partial charge in [-0.2, -0.15) is 0 Å². The van der Waals surface area contributed by atoms with E-state index in [0.717, 1.165) is 5.01 Å². The molecular formula is C16H21FN2O2S2.